The van der Waals surface area contributed by atoms with E-state index >= 15 is 0 Å². The van der Waals surface area contributed by atoms with Gasteiger partial charge in [-0.3, -0.25) is 0 Å². The molecule has 0 unspecified atom stereocenters. The van der Waals surface area contributed by atoms with Crippen LogP contribution in [0, 0.1) is 0 Å². The first-order valence-corrected chi connectivity index (χ1v) is 3.64. The standard InChI is InChI=1S/C8H11BO2/c9-7-3-1-2-4-8(7)11-6-5-10/h1-4,10H,5-6,9H2. The first-order valence-electron chi connectivity index (χ1n) is 3.64. The minimum Gasteiger partial charge on any atom is -0.492 e. The Morgan fingerprint density at radius 3 is 2.73 bits per heavy atom. The van der Waals surface area contributed by atoms with Crippen LogP contribution in [0.5, 0.6) is 5.75 Å². The predicted molar refractivity (Wildman–Crippen MR) is 47.2 cm³/mol. The lowest BCUT2D eigenvalue weighted by molar-refractivity contribution is 0.202. The van der Waals surface area contributed by atoms with Crippen molar-refractivity contribution in [2.45, 2.75) is 0 Å². The predicted octanol–water partition coefficient (Wildman–Crippen LogP) is -0.684. The fourth-order valence-corrected chi connectivity index (χ4v) is 0.874. The van der Waals surface area contributed by atoms with Gasteiger partial charge >= 0.3 is 0 Å². The van der Waals surface area contributed by atoms with Gasteiger partial charge in [0.2, 0.25) is 0 Å². The summed E-state index contributed by atoms with van der Waals surface area (Å²) in [5, 5.41) is 8.49. The van der Waals surface area contributed by atoms with Crippen molar-refractivity contribution in [3.05, 3.63) is 24.3 Å². The fourth-order valence-electron chi connectivity index (χ4n) is 0.874. The molecular formula is C8H11BO2. The van der Waals surface area contributed by atoms with E-state index in [4.69, 9.17) is 9.84 Å². The average Bonchev–Trinajstić information content (AvgIpc) is 2.03. The summed E-state index contributed by atoms with van der Waals surface area (Å²) in [6.07, 6.45) is 0. The molecule has 0 bridgehead atoms. The molecule has 0 atom stereocenters. The Labute approximate surface area is 67.2 Å². The molecule has 0 saturated carbocycles. The van der Waals surface area contributed by atoms with Crippen LogP contribution in [0.3, 0.4) is 0 Å². The maximum atomic E-state index is 8.49. The zero-order valence-corrected chi connectivity index (χ0v) is 6.58. The molecule has 1 N–H and O–H groups in total. The lowest BCUT2D eigenvalue weighted by Crippen LogP contribution is -2.11. The summed E-state index contributed by atoms with van der Waals surface area (Å²) < 4.78 is 5.24. The van der Waals surface area contributed by atoms with Crippen LogP contribution in [0.4, 0.5) is 0 Å². The molecule has 0 aromatic heterocycles. The van der Waals surface area contributed by atoms with E-state index in [9.17, 15) is 0 Å². The Morgan fingerprint density at radius 1 is 1.36 bits per heavy atom. The normalized spacial score (nSPS) is 9.55. The van der Waals surface area contributed by atoms with E-state index in [1.54, 1.807) is 0 Å². The van der Waals surface area contributed by atoms with Crippen LogP contribution < -0.4 is 10.2 Å². The van der Waals surface area contributed by atoms with Crippen LogP contribution in [-0.4, -0.2) is 26.2 Å². The Morgan fingerprint density at radius 2 is 2.09 bits per heavy atom. The second kappa shape index (κ2) is 4.03. The number of para-hydroxylation sites is 1. The summed E-state index contributed by atoms with van der Waals surface area (Å²) in [4.78, 5) is 0. The SMILES string of the molecule is Bc1ccccc1OCCO. The number of benzene rings is 1. The summed E-state index contributed by atoms with van der Waals surface area (Å²) in [5.74, 6) is 0.849. The van der Waals surface area contributed by atoms with Crippen molar-refractivity contribution in [3.8, 4) is 5.75 Å². The number of ether oxygens (including phenoxy) is 1. The summed E-state index contributed by atoms with van der Waals surface area (Å²) >= 11 is 0. The molecule has 0 aliphatic carbocycles. The highest BCUT2D eigenvalue weighted by Crippen LogP contribution is 2.03. The van der Waals surface area contributed by atoms with Gasteiger partial charge in [0.25, 0.3) is 0 Å². The van der Waals surface area contributed by atoms with Crippen molar-refractivity contribution >= 4 is 13.3 Å². The Balaban J connectivity index is 2.62. The zero-order valence-electron chi connectivity index (χ0n) is 6.58. The molecule has 0 amide bonds. The molecule has 1 rings (SSSR count). The molecule has 11 heavy (non-hydrogen) atoms. The van der Waals surface area contributed by atoms with Gasteiger partial charge in [-0.25, -0.2) is 0 Å². The van der Waals surface area contributed by atoms with E-state index < -0.39 is 0 Å². The highest BCUT2D eigenvalue weighted by Gasteiger charge is 1.94. The highest BCUT2D eigenvalue weighted by molar-refractivity contribution is 6.34. The highest BCUT2D eigenvalue weighted by atomic mass is 16.5. The lowest BCUT2D eigenvalue weighted by atomic mass is 9.95. The van der Waals surface area contributed by atoms with Crippen LogP contribution in [-0.2, 0) is 0 Å². The molecule has 0 aliphatic heterocycles. The van der Waals surface area contributed by atoms with Gasteiger partial charge < -0.3 is 9.84 Å². The van der Waals surface area contributed by atoms with Crippen LogP contribution in [0.2, 0.25) is 0 Å². The van der Waals surface area contributed by atoms with Gasteiger partial charge in [0.05, 0.1) is 6.61 Å². The van der Waals surface area contributed by atoms with Crippen molar-refractivity contribution in [3.63, 3.8) is 0 Å². The number of hydrogen-bond acceptors (Lipinski definition) is 2. The van der Waals surface area contributed by atoms with Crippen molar-refractivity contribution in [1.29, 1.82) is 0 Å². The maximum absolute atomic E-state index is 8.49. The Kier molecular flexibility index (Phi) is 2.99. The summed E-state index contributed by atoms with van der Waals surface area (Å²) in [6, 6.07) is 7.75. The van der Waals surface area contributed by atoms with Gasteiger partial charge in [-0.15, -0.1) is 0 Å². The number of aliphatic hydroxyl groups is 1. The molecule has 0 saturated heterocycles. The third kappa shape index (κ3) is 2.28. The molecule has 0 heterocycles. The molecule has 1 aromatic rings. The van der Waals surface area contributed by atoms with Crippen LogP contribution in [0.25, 0.3) is 0 Å². The summed E-state index contributed by atoms with van der Waals surface area (Å²) in [7, 11) is 1.98. The Hall–Kier alpha value is -0.955. The van der Waals surface area contributed by atoms with Crippen LogP contribution in [0.15, 0.2) is 24.3 Å². The largest absolute Gasteiger partial charge is 0.492 e. The number of aliphatic hydroxyl groups excluding tert-OH is 1. The van der Waals surface area contributed by atoms with Crippen LogP contribution >= 0.6 is 0 Å². The van der Waals surface area contributed by atoms with Gasteiger partial charge in [0.1, 0.15) is 20.2 Å². The van der Waals surface area contributed by atoms with Gasteiger partial charge in [-0.1, -0.05) is 18.2 Å². The minimum atomic E-state index is 0.0638. The third-order valence-electron chi connectivity index (χ3n) is 1.44. The first-order chi connectivity index (χ1) is 5.34. The monoisotopic (exact) mass is 150 g/mol. The lowest BCUT2D eigenvalue weighted by Gasteiger charge is -2.06. The van der Waals surface area contributed by atoms with E-state index in [0.29, 0.717) is 6.61 Å². The topological polar surface area (TPSA) is 29.5 Å². The van der Waals surface area contributed by atoms with Gasteiger partial charge in [0, 0.05) is 0 Å². The van der Waals surface area contributed by atoms with Gasteiger partial charge in [0.15, 0.2) is 0 Å². The van der Waals surface area contributed by atoms with Crippen molar-refractivity contribution in [2.75, 3.05) is 13.2 Å². The molecule has 1 aromatic carbocycles. The fraction of sp³-hybridized carbons (Fsp3) is 0.250. The van der Waals surface area contributed by atoms with E-state index in [-0.39, 0.29) is 6.61 Å². The maximum Gasteiger partial charge on any atom is 0.144 e. The molecule has 3 heteroatoms. The number of hydrogen-bond donors (Lipinski definition) is 1. The van der Waals surface area contributed by atoms with Crippen molar-refractivity contribution in [1.82, 2.24) is 0 Å². The van der Waals surface area contributed by atoms with Gasteiger partial charge in [-0.05, 0) is 11.5 Å². The summed E-state index contributed by atoms with van der Waals surface area (Å²) in [5.41, 5.74) is 1.10. The quantitative estimate of drug-likeness (QED) is 0.578. The molecule has 0 radical (unpaired) electrons. The van der Waals surface area contributed by atoms with E-state index in [1.807, 2.05) is 32.1 Å². The minimum absolute atomic E-state index is 0.0638. The first kappa shape index (κ1) is 8.14. The van der Waals surface area contributed by atoms with E-state index in [1.165, 1.54) is 0 Å². The van der Waals surface area contributed by atoms with Gasteiger partial charge in [-0.2, -0.15) is 0 Å². The second-order valence-corrected chi connectivity index (χ2v) is 2.34. The van der Waals surface area contributed by atoms with E-state index in [2.05, 4.69) is 0 Å². The molecule has 0 aliphatic rings. The summed E-state index contributed by atoms with van der Waals surface area (Å²) in [6.45, 7) is 0.430. The second-order valence-electron chi connectivity index (χ2n) is 2.34. The molecular weight excluding hydrogens is 139 g/mol. The molecule has 0 spiro atoms. The van der Waals surface area contributed by atoms with Crippen molar-refractivity contribution in [2.24, 2.45) is 0 Å². The average molecular weight is 150 g/mol. The third-order valence-corrected chi connectivity index (χ3v) is 1.44. The Bertz CT molecular complexity index is 225. The van der Waals surface area contributed by atoms with E-state index in [0.717, 1.165) is 11.2 Å². The van der Waals surface area contributed by atoms with Crippen LogP contribution in [0.1, 0.15) is 0 Å². The molecule has 2 nitrogen and oxygen atoms in total. The molecule has 0 fully saturated rings. The zero-order chi connectivity index (χ0) is 8.10. The molecule has 58 valence electrons. The van der Waals surface area contributed by atoms with Crippen molar-refractivity contribution < 1.29 is 9.84 Å². The smallest absolute Gasteiger partial charge is 0.144 e. The number of rotatable bonds is 3.